The Morgan fingerprint density at radius 2 is 2.33 bits per heavy atom. The number of methoxy groups -OCH3 is 1. The molecular weight excluding hydrogens is 116 g/mol. The second kappa shape index (κ2) is 2.25. The Labute approximate surface area is 55.7 Å². The molecule has 1 aliphatic rings. The van der Waals surface area contributed by atoms with Gasteiger partial charge in [-0.25, -0.2) is 5.01 Å². The molecule has 9 heavy (non-hydrogen) atoms. The number of rotatable bonds is 1. The fourth-order valence-electron chi connectivity index (χ4n) is 1.13. The van der Waals surface area contributed by atoms with E-state index in [2.05, 4.69) is 6.92 Å². The highest BCUT2D eigenvalue weighted by molar-refractivity contribution is 4.84. The maximum Gasteiger partial charge on any atom is 0.0803 e. The fraction of sp³-hybridized carbons (Fsp3) is 1.00. The summed E-state index contributed by atoms with van der Waals surface area (Å²) in [6.07, 6.45) is 1.04. The standard InChI is InChI=1S/C6H14N2O/c1-6(9-2)3-4-8(7)5-6/h3-5,7H2,1-2H3. The molecule has 1 heterocycles. The average Bonchev–Trinajstić information content (AvgIpc) is 2.13. The molecule has 1 rings (SSSR count). The van der Waals surface area contributed by atoms with Crippen LogP contribution in [-0.2, 0) is 4.74 Å². The zero-order valence-electron chi connectivity index (χ0n) is 6.05. The number of hydrazine groups is 1. The van der Waals surface area contributed by atoms with Crippen molar-refractivity contribution in [2.45, 2.75) is 18.9 Å². The van der Waals surface area contributed by atoms with Crippen molar-refractivity contribution >= 4 is 0 Å². The van der Waals surface area contributed by atoms with Gasteiger partial charge in [0.25, 0.3) is 0 Å². The highest BCUT2D eigenvalue weighted by atomic mass is 16.5. The van der Waals surface area contributed by atoms with Crippen LogP contribution in [0.25, 0.3) is 0 Å². The molecule has 0 bridgehead atoms. The van der Waals surface area contributed by atoms with Gasteiger partial charge >= 0.3 is 0 Å². The van der Waals surface area contributed by atoms with Crippen molar-refractivity contribution in [3.8, 4) is 0 Å². The van der Waals surface area contributed by atoms with Gasteiger partial charge in [0.15, 0.2) is 0 Å². The summed E-state index contributed by atoms with van der Waals surface area (Å²) in [5.41, 5.74) is 0.00868. The summed E-state index contributed by atoms with van der Waals surface area (Å²) < 4.78 is 5.25. The van der Waals surface area contributed by atoms with E-state index in [1.165, 1.54) is 0 Å². The van der Waals surface area contributed by atoms with Crippen molar-refractivity contribution in [2.24, 2.45) is 5.84 Å². The van der Waals surface area contributed by atoms with Gasteiger partial charge in [-0.2, -0.15) is 0 Å². The Morgan fingerprint density at radius 3 is 2.56 bits per heavy atom. The van der Waals surface area contributed by atoms with E-state index >= 15 is 0 Å². The molecule has 3 heteroatoms. The summed E-state index contributed by atoms with van der Waals surface area (Å²) in [6.45, 7) is 3.88. The highest BCUT2D eigenvalue weighted by Crippen LogP contribution is 2.20. The van der Waals surface area contributed by atoms with Crippen LogP contribution in [0.2, 0.25) is 0 Å². The van der Waals surface area contributed by atoms with E-state index in [0.717, 1.165) is 19.5 Å². The van der Waals surface area contributed by atoms with Gasteiger partial charge in [-0.3, -0.25) is 5.84 Å². The van der Waals surface area contributed by atoms with Gasteiger partial charge < -0.3 is 4.74 Å². The molecule has 54 valence electrons. The molecule has 0 saturated carbocycles. The van der Waals surface area contributed by atoms with Crippen LogP contribution in [0.4, 0.5) is 0 Å². The summed E-state index contributed by atoms with van der Waals surface area (Å²) in [5, 5.41) is 1.80. The SMILES string of the molecule is COC1(C)CCN(N)C1. The number of nitrogens with zero attached hydrogens (tertiary/aromatic N) is 1. The molecule has 0 amide bonds. The number of ether oxygens (including phenoxy) is 1. The van der Waals surface area contributed by atoms with Crippen molar-refractivity contribution in [3.63, 3.8) is 0 Å². The monoisotopic (exact) mass is 130 g/mol. The average molecular weight is 130 g/mol. The molecule has 0 aromatic rings. The zero-order valence-corrected chi connectivity index (χ0v) is 6.05. The maximum atomic E-state index is 5.54. The minimum atomic E-state index is 0.00868. The summed E-state index contributed by atoms with van der Waals surface area (Å²) >= 11 is 0. The van der Waals surface area contributed by atoms with Gasteiger partial charge in [0.05, 0.1) is 5.60 Å². The molecule has 0 spiro atoms. The molecule has 1 fully saturated rings. The van der Waals surface area contributed by atoms with E-state index < -0.39 is 0 Å². The topological polar surface area (TPSA) is 38.5 Å². The minimum absolute atomic E-state index is 0.00868. The normalized spacial score (nSPS) is 37.7. The van der Waals surface area contributed by atoms with Crippen molar-refractivity contribution in [1.29, 1.82) is 0 Å². The van der Waals surface area contributed by atoms with Crippen LogP contribution in [0, 0.1) is 0 Å². The van der Waals surface area contributed by atoms with Gasteiger partial charge in [-0.05, 0) is 13.3 Å². The Balaban J connectivity index is 2.45. The van der Waals surface area contributed by atoms with Crippen LogP contribution >= 0.6 is 0 Å². The predicted octanol–water partition coefficient (Wildman–Crippen LogP) is -0.0291. The summed E-state index contributed by atoms with van der Waals surface area (Å²) in [4.78, 5) is 0. The number of hydrogen-bond donors (Lipinski definition) is 1. The molecule has 0 aliphatic carbocycles. The van der Waals surface area contributed by atoms with Crippen LogP contribution in [0.1, 0.15) is 13.3 Å². The Kier molecular flexibility index (Phi) is 1.75. The molecule has 1 saturated heterocycles. The molecule has 2 N–H and O–H groups in total. The van der Waals surface area contributed by atoms with Crippen LogP contribution < -0.4 is 5.84 Å². The van der Waals surface area contributed by atoms with Crippen LogP contribution in [0.5, 0.6) is 0 Å². The van der Waals surface area contributed by atoms with E-state index in [0.29, 0.717) is 0 Å². The molecule has 0 radical (unpaired) electrons. The Hall–Kier alpha value is -0.120. The lowest BCUT2D eigenvalue weighted by Gasteiger charge is -2.20. The van der Waals surface area contributed by atoms with Crippen molar-refractivity contribution in [1.82, 2.24) is 5.01 Å². The third-order valence-electron chi connectivity index (χ3n) is 1.96. The van der Waals surface area contributed by atoms with Crippen LogP contribution in [0.15, 0.2) is 0 Å². The second-order valence-electron chi connectivity index (χ2n) is 2.87. The number of hydrogen-bond acceptors (Lipinski definition) is 3. The minimum Gasteiger partial charge on any atom is -0.377 e. The van der Waals surface area contributed by atoms with Crippen LogP contribution in [0.3, 0.4) is 0 Å². The largest absolute Gasteiger partial charge is 0.377 e. The van der Waals surface area contributed by atoms with Crippen LogP contribution in [-0.4, -0.2) is 30.8 Å². The summed E-state index contributed by atoms with van der Waals surface area (Å²) in [7, 11) is 1.74. The molecule has 0 aromatic carbocycles. The quantitative estimate of drug-likeness (QED) is 0.507. The van der Waals surface area contributed by atoms with Gasteiger partial charge in [-0.1, -0.05) is 0 Å². The highest BCUT2D eigenvalue weighted by Gasteiger charge is 2.31. The lowest BCUT2D eigenvalue weighted by molar-refractivity contribution is 0.0149. The molecule has 1 aliphatic heterocycles. The predicted molar refractivity (Wildman–Crippen MR) is 35.8 cm³/mol. The van der Waals surface area contributed by atoms with E-state index in [9.17, 15) is 0 Å². The first-order valence-electron chi connectivity index (χ1n) is 3.21. The number of nitrogens with two attached hydrogens (primary N) is 1. The van der Waals surface area contributed by atoms with Crippen molar-refractivity contribution < 1.29 is 4.74 Å². The third kappa shape index (κ3) is 1.41. The maximum absolute atomic E-state index is 5.54. The van der Waals surface area contributed by atoms with E-state index in [1.54, 1.807) is 12.1 Å². The molecule has 0 aromatic heterocycles. The van der Waals surface area contributed by atoms with Gasteiger partial charge in [-0.15, -0.1) is 0 Å². The Morgan fingerprint density at radius 1 is 1.67 bits per heavy atom. The first-order chi connectivity index (χ1) is 4.16. The van der Waals surface area contributed by atoms with Gasteiger partial charge in [0, 0.05) is 20.2 Å². The summed E-state index contributed by atoms with van der Waals surface area (Å²) in [6, 6.07) is 0. The fourth-order valence-corrected chi connectivity index (χ4v) is 1.13. The first-order valence-corrected chi connectivity index (χ1v) is 3.21. The van der Waals surface area contributed by atoms with Crippen molar-refractivity contribution in [2.75, 3.05) is 20.2 Å². The van der Waals surface area contributed by atoms with Gasteiger partial charge in [0.2, 0.25) is 0 Å². The molecule has 1 unspecified atom stereocenters. The lowest BCUT2D eigenvalue weighted by Crippen LogP contribution is -2.35. The third-order valence-corrected chi connectivity index (χ3v) is 1.96. The Bertz CT molecular complexity index is 107. The molecular formula is C6H14N2O. The lowest BCUT2D eigenvalue weighted by atomic mass is 10.1. The molecule has 3 nitrogen and oxygen atoms in total. The first kappa shape index (κ1) is 6.99. The second-order valence-corrected chi connectivity index (χ2v) is 2.87. The van der Waals surface area contributed by atoms with Gasteiger partial charge in [0.1, 0.15) is 0 Å². The summed E-state index contributed by atoms with van der Waals surface area (Å²) in [5.74, 6) is 5.54. The zero-order chi connectivity index (χ0) is 6.91. The van der Waals surface area contributed by atoms with E-state index in [4.69, 9.17) is 10.6 Å². The van der Waals surface area contributed by atoms with Crippen molar-refractivity contribution in [3.05, 3.63) is 0 Å². The molecule has 1 atom stereocenters. The smallest absolute Gasteiger partial charge is 0.0803 e. The van der Waals surface area contributed by atoms with E-state index in [1.807, 2.05) is 0 Å². The van der Waals surface area contributed by atoms with E-state index in [-0.39, 0.29) is 5.60 Å².